The van der Waals surface area contributed by atoms with Crippen LogP contribution in [0.3, 0.4) is 0 Å². The predicted octanol–water partition coefficient (Wildman–Crippen LogP) is 5.24. The number of hydrogen-bond acceptors (Lipinski definition) is 4. The molecule has 3 aromatic carbocycles. The summed E-state index contributed by atoms with van der Waals surface area (Å²) >= 11 is 0. The Morgan fingerprint density at radius 3 is 2.28 bits per heavy atom. The topological polar surface area (TPSA) is 75.2 Å². The molecule has 0 bridgehead atoms. The molecule has 1 atom stereocenters. The molecular weight excluding hydrogens is 455 g/mol. The lowest BCUT2D eigenvalue weighted by atomic mass is 10.00. The van der Waals surface area contributed by atoms with Gasteiger partial charge in [-0.15, -0.1) is 0 Å². The predicted molar refractivity (Wildman–Crippen MR) is 137 cm³/mol. The van der Waals surface area contributed by atoms with Crippen LogP contribution in [-0.2, 0) is 17.6 Å². The van der Waals surface area contributed by atoms with Gasteiger partial charge in [0.1, 0.15) is 17.6 Å². The molecule has 0 saturated heterocycles. The Bertz CT molecular complexity index is 1280. The van der Waals surface area contributed by atoms with E-state index in [9.17, 15) is 14.0 Å². The molecule has 0 aliphatic heterocycles. The third-order valence-corrected chi connectivity index (χ3v) is 5.90. The first-order valence-corrected chi connectivity index (χ1v) is 11.8. The second kappa shape index (κ2) is 11.8. The van der Waals surface area contributed by atoms with E-state index in [2.05, 4.69) is 22.2 Å². The van der Waals surface area contributed by atoms with Crippen LogP contribution in [0.2, 0.25) is 0 Å². The molecule has 6 nitrogen and oxygen atoms in total. The van der Waals surface area contributed by atoms with Gasteiger partial charge in [-0.25, -0.2) is 9.37 Å². The van der Waals surface area contributed by atoms with Gasteiger partial charge >= 0.3 is 0 Å². The minimum atomic E-state index is -0.945. The quantitative estimate of drug-likeness (QED) is 0.354. The first-order chi connectivity index (χ1) is 17.5. The number of nitrogens with zero attached hydrogens (tertiary/aromatic N) is 3. The van der Waals surface area contributed by atoms with Crippen LogP contribution in [0.5, 0.6) is 0 Å². The highest BCUT2D eigenvalue weighted by molar-refractivity contribution is 6.00. The number of anilines is 1. The number of hydrogen-bond donors (Lipinski definition) is 1. The Balaban J connectivity index is 1.73. The highest BCUT2D eigenvalue weighted by Gasteiger charge is 2.32. The maximum atomic E-state index is 13.7. The minimum absolute atomic E-state index is 0.148. The lowest BCUT2D eigenvalue weighted by Crippen LogP contribution is -2.42. The van der Waals surface area contributed by atoms with Crippen molar-refractivity contribution in [3.05, 3.63) is 126 Å². The number of rotatable bonds is 9. The maximum Gasteiger partial charge on any atom is 0.275 e. The fourth-order valence-corrected chi connectivity index (χ4v) is 3.95. The SMILES string of the molecule is CCc1ccc([C@@H](C(=O)Nc2ccc(F)cc2)N(CCc2ccccc2)C(=O)c2cnccn2)cc1. The molecule has 0 aliphatic rings. The second-order valence-corrected chi connectivity index (χ2v) is 8.32. The number of aryl methyl sites for hydroxylation is 1. The van der Waals surface area contributed by atoms with Crippen LogP contribution in [0.25, 0.3) is 0 Å². The molecule has 182 valence electrons. The largest absolute Gasteiger partial charge is 0.324 e. The summed E-state index contributed by atoms with van der Waals surface area (Å²) in [6, 6.07) is 22.0. The number of amides is 2. The summed E-state index contributed by atoms with van der Waals surface area (Å²) in [6.07, 6.45) is 5.73. The van der Waals surface area contributed by atoms with Gasteiger partial charge in [-0.05, 0) is 53.8 Å². The summed E-state index contributed by atoms with van der Waals surface area (Å²) in [4.78, 5) is 37.2. The zero-order valence-corrected chi connectivity index (χ0v) is 20.0. The van der Waals surface area contributed by atoms with Crippen LogP contribution >= 0.6 is 0 Å². The highest BCUT2D eigenvalue weighted by Crippen LogP contribution is 2.26. The van der Waals surface area contributed by atoms with E-state index < -0.39 is 23.7 Å². The van der Waals surface area contributed by atoms with Crippen molar-refractivity contribution in [1.29, 1.82) is 0 Å². The van der Waals surface area contributed by atoms with Crippen molar-refractivity contribution in [1.82, 2.24) is 14.9 Å². The molecule has 0 unspecified atom stereocenters. The lowest BCUT2D eigenvalue weighted by Gasteiger charge is -2.31. The van der Waals surface area contributed by atoms with E-state index in [0.717, 1.165) is 17.5 Å². The Labute approximate surface area is 209 Å². The number of aromatic nitrogens is 2. The standard InChI is InChI=1S/C29H27FN4O2/c1-2-21-8-10-23(11-9-21)27(28(35)33-25-14-12-24(30)13-15-25)34(19-16-22-6-4-3-5-7-22)29(36)26-20-31-17-18-32-26/h3-15,17-18,20,27H,2,16,19H2,1H3,(H,33,35)/t27-/m0/s1. The lowest BCUT2D eigenvalue weighted by molar-refractivity contribution is -0.120. The summed E-state index contributed by atoms with van der Waals surface area (Å²) in [5.74, 6) is -1.21. The number of benzene rings is 3. The zero-order valence-electron chi connectivity index (χ0n) is 20.0. The molecule has 0 saturated carbocycles. The molecule has 0 fully saturated rings. The van der Waals surface area contributed by atoms with Gasteiger partial charge < -0.3 is 10.2 Å². The number of nitrogens with one attached hydrogen (secondary N) is 1. The summed E-state index contributed by atoms with van der Waals surface area (Å²) in [5, 5.41) is 2.85. The van der Waals surface area contributed by atoms with E-state index in [1.807, 2.05) is 54.6 Å². The maximum absolute atomic E-state index is 13.7. The van der Waals surface area contributed by atoms with E-state index in [-0.39, 0.29) is 12.2 Å². The van der Waals surface area contributed by atoms with Gasteiger partial charge in [-0.1, -0.05) is 61.5 Å². The molecule has 7 heteroatoms. The highest BCUT2D eigenvalue weighted by atomic mass is 19.1. The van der Waals surface area contributed by atoms with E-state index >= 15 is 0 Å². The fraction of sp³-hybridized carbons (Fsp3) is 0.172. The van der Waals surface area contributed by atoms with Crippen molar-refractivity contribution in [3.63, 3.8) is 0 Å². The van der Waals surface area contributed by atoms with Crippen LogP contribution in [0.4, 0.5) is 10.1 Å². The average molecular weight is 483 g/mol. The van der Waals surface area contributed by atoms with Crippen LogP contribution < -0.4 is 5.32 Å². The molecule has 0 aliphatic carbocycles. The molecule has 4 rings (SSSR count). The van der Waals surface area contributed by atoms with Crippen molar-refractivity contribution in [2.24, 2.45) is 0 Å². The fourth-order valence-electron chi connectivity index (χ4n) is 3.95. The molecule has 1 N–H and O–H groups in total. The normalized spacial score (nSPS) is 11.5. The van der Waals surface area contributed by atoms with Gasteiger partial charge in [0, 0.05) is 24.6 Å². The summed E-state index contributed by atoms with van der Waals surface area (Å²) in [6.45, 7) is 2.33. The van der Waals surface area contributed by atoms with E-state index in [4.69, 9.17) is 0 Å². The van der Waals surface area contributed by atoms with Crippen LogP contribution in [0, 0.1) is 5.82 Å². The third-order valence-electron chi connectivity index (χ3n) is 5.90. The Morgan fingerprint density at radius 2 is 1.64 bits per heavy atom. The first-order valence-electron chi connectivity index (χ1n) is 11.8. The molecule has 4 aromatic rings. The molecule has 36 heavy (non-hydrogen) atoms. The van der Waals surface area contributed by atoms with Crippen molar-refractivity contribution in [2.75, 3.05) is 11.9 Å². The number of carbonyl (C=O) groups is 2. The smallest absolute Gasteiger partial charge is 0.275 e. The third kappa shape index (κ3) is 6.18. The molecule has 2 amide bonds. The van der Waals surface area contributed by atoms with Gasteiger partial charge in [0.15, 0.2) is 0 Å². The number of halogens is 1. The molecule has 1 heterocycles. The second-order valence-electron chi connectivity index (χ2n) is 8.32. The van der Waals surface area contributed by atoms with Crippen molar-refractivity contribution in [2.45, 2.75) is 25.8 Å². The van der Waals surface area contributed by atoms with Gasteiger partial charge in [0.25, 0.3) is 11.8 Å². The van der Waals surface area contributed by atoms with Crippen molar-refractivity contribution in [3.8, 4) is 0 Å². The van der Waals surface area contributed by atoms with Gasteiger partial charge in [-0.2, -0.15) is 0 Å². The minimum Gasteiger partial charge on any atom is -0.324 e. The van der Waals surface area contributed by atoms with Gasteiger partial charge in [-0.3, -0.25) is 14.6 Å². The molecule has 1 aromatic heterocycles. The van der Waals surface area contributed by atoms with Crippen LogP contribution in [-0.4, -0.2) is 33.2 Å². The molecule has 0 radical (unpaired) electrons. The molecular formula is C29H27FN4O2. The Morgan fingerprint density at radius 1 is 0.917 bits per heavy atom. The summed E-state index contributed by atoms with van der Waals surface area (Å²) in [5.41, 5.74) is 3.40. The number of carbonyl (C=O) groups excluding carboxylic acids is 2. The van der Waals surface area contributed by atoms with Crippen molar-refractivity contribution >= 4 is 17.5 Å². The van der Waals surface area contributed by atoms with Crippen LogP contribution in [0.15, 0.2) is 97.5 Å². The van der Waals surface area contributed by atoms with Crippen molar-refractivity contribution < 1.29 is 14.0 Å². The summed E-state index contributed by atoms with van der Waals surface area (Å²) in [7, 11) is 0. The van der Waals surface area contributed by atoms with Gasteiger partial charge in [0.2, 0.25) is 0 Å². The van der Waals surface area contributed by atoms with Crippen LogP contribution in [0.1, 0.15) is 40.1 Å². The van der Waals surface area contributed by atoms with E-state index in [1.165, 1.54) is 47.8 Å². The zero-order chi connectivity index (χ0) is 25.3. The Hall–Kier alpha value is -4.39. The summed E-state index contributed by atoms with van der Waals surface area (Å²) < 4.78 is 13.4. The molecule has 0 spiro atoms. The van der Waals surface area contributed by atoms with E-state index in [0.29, 0.717) is 17.7 Å². The Kier molecular flexibility index (Phi) is 8.13. The average Bonchev–Trinajstić information content (AvgIpc) is 2.93. The van der Waals surface area contributed by atoms with E-state index in [1.54, 1.807) is 0 Å². The van der Waals surface area contributed by atoms with Gasteiger partial charge in [0.05, 0.1) is 6.20 Å². The first kappa shape index (κ1) is 24.7. The monoisotopic (exact) mass is 482 g/mol.